The molecule has 0 radical (unpaired) electrons. The van der Waals surface area contributed by atoms with Gasteiger partial charge in [0, 0.05) is 18.8 Å². The zero-order valence-corrected chi connectivity index (χ0v) is 10.2. The van der Waals surface area contributed by atoms with Gasteiger partial charge in [0.1, 0.15) is 0 Å². The van der Waals surface area contributed by atoms with Crippen LogP contribution in [0.2, 0.25) is 0 Å². The number of rotatable bonds is 6. The molecule has 5 heteroatoms. The van der Waals surface area contributed by atoms with E-state index in [0.29, 0.717) is 36.3 Å². The molecule has 0 spiro atoms. The average molecular weight is 250 g/mol. The Balaban J connectivity index is 2.32. The molecule has 1 N–H and O–H groups in total. The Labute approximate surface area is 110 Å². The van der Waals surface area contributed by atoms with Crippen molar-refractivity contribution in [3.63, 3.8) is 0 Å². The van der Waals surface area contributed by atoms with Gasteiger partial charge in [-0.2, -0.15) is 0 Å². The van der Waals surface area contributed by atoms with Crippen molar-refractivity contribution in [2.45, 2.75) is 26.2 Å². The highest BCUT2D eigenvalue weighted by molar-refractivity contribution is 5.99. The Bertz CT molecular complexity index is 593. The summed E-state index contributed by atoms with van der Waals surface area (Å²) in [6.07, 6.45) is 1.26. The second kappa shape index (κ2) is 5.62. The third kappa shape index (κ3) is 2.67. The van der Waals surface area contributed by atoms with E-state index in [0.717, 1.165) is 6.42 Å². The highest BCUT2D eigenvalue weighted by Crippen LogP contribution is 2.26. The number of hydrogen-bond donors (Lipinski definition) is 1. The van der Waals surface area contributed by atoms with Crippen LogP contribution in [0.25, 0.3) is 0 Å². The number of nitrogens with zero attached hydrogens (tertiary/aromatic N) is 2. The molecule has 1 aromatic carbocycles. The van der Waals surface area contributed by atoms with Gasteiger partial charge in [-0.15, -0.1) is 4.91 Å². The number of nitroso groups, excluding NO2 is 1. The molecule has 1 heterocycles. The molecule has 0 aliphatic carbocycles. The van der Waals surface area contributed by atoms with Gasteiger partial charge in [0.2, 0.25) is 5.91 Å². The molecule has 1 amide bonds. The number of hydrogen-bond acceptors (Lipinski definition) is 3. The van der Waals surface area contributed by atoms with Crippen LogP contribution in [0.3, 0.4) is 0 Å². The molecule has 5 nitrogen and oxygen atoms in total. The van der Waals surface area contributed by atoms with Crippen molar-refractivity contribution in [2.75, 3.05) is 18.4 Å². The molecule has 2 rings (SSSR count). The molecule has 0 atom stereocenters. The van der Waals surface area contributed by atoms with Crippen LogP contribution >= 0.6 is 0 Å². The van der Waals surface area contributed by atoms with Gasteiger partial charge in [-0.1, -0.05) is 19.0 Å². The Hall–Kier alpha value is -1.91. The van der Waals surface area contributed by atoms with Gasteiger partial charge in [0.25, 0.3) is 0 Å². The fourth-order valence-corrected chi connectivity index (χ4v) is 2.02. The highest BCUT2D eigenvalue weighted by atomic mass is 16.3. The molecule has 0 saturated heterocycles. The fraction of sp³-hybridized carbons (Fsp3) is 0.462. The molecule has 0 saturated carbocycles. The molecule has 18 heavy (non-hydrogen) atoms. The zero-order valence-electron chi connectivity index (χ0n) is 13.2. The molecule has 1 aliphatic heterocycles. The molecule has 0 unspecified atom stereocenters. The third-order valence-electron chi connectivity index (χ3n) is 2.89. The topological polar surface area (TPSA) is 61.8 Å². The first-order valence-electron chi connectivity index (χ1n) is 7.49. The Morgan fingerprint density at radius 3 is 3.06 bits per heavy atom. The molecule has 96 valence electrons. The SMILES string of the molecule is [2H]c1c([2H])c(CCN(CCC)N=O)c2c(c1[2H])NC(=O)C2. The predicted molar refractivity (Wildman–Crippen MR) is 70.1 cm³/mol. The van der Waals surface area contributed by atoms with Crippen molar-refractivity contribution in [3.8, 4) is 0 Å². The van der Waals surface area contributed by atoms with Crippen molar-refractivity contribution >= 4 is 11.6 Å². The summed E-state index contributed by atoms with van der Waals surface area (Å²) in [6, 6.07) is -0.367. The summed E-state index contributed by atoms with van der Waals surface area (Å²) in [4.78, 5) is 22.2. The van der Waals surface area contributed by atoms with Gasteiger partial charge in [0.05, 0.1) is 15.8 Å². The first-order valence-corrected chi connectivity index (χ1v) is 5.99. The first kappa shape index (κ1) is 9.08. The molecular weight excluding hydrogens is 230 g/mol. The highest BCUT2D eigenvalue weighted by Gasteiger charge is 2.20. The molecule has 0 aromatic heterocycles. The van der Waals surface area contributed by atoms with Crippen molar-refractivity contribution in [1.82, 2.24) is 5.01 Å². The van der Waals surface area contributed by atoms with Crippen LogP contribution in [0.4, 0.5) is 5.69 Å². The summed E-state index contributed by atoms with van der Waals surface area (Å²) in [5.41, 5.74) is 1.49. The van der Waals surface area contributed by atoms with Gasteiger partial charge < -0.3 is 5.32 Å². The van der Waals surface area contributed by atoms with E-state index in [1.165, 1.54) is 5.01 Å². The standard InChI is InChI=1S/C13H17N3O2/c1-2-7-16(15-18)8-6-10-4-3-5-12-11(10)9-13(17)14-12/h3-5H,2,6-9H2,1H3,(H,14,17)/i3D,4D,5D. The number of amides is 1. The van der Waals surface area contributed by atoms with E-state index in [1.54, 1.807) is 0 Å². The first-order chi connectivity index (χ1) is 9.99. The van der Waals surface area contributed by atoms with Crippen molar-refractivity contribution in [3.05, 3.63) is 34.2 Å². The molecule has 0 bridgehead atoms. The van der Waals surface area contributed by atoms with Crippen LogP contribution in [0.5, 0.6) is 0 Å². The number of fused-ring (bicyclic) bond motifs is 1. The minimum absolute atomic E-state index is 0.0439. The summed E-state index contributed by atoms with van der Waals surface area (Å²) >= 11 is 0. The number of carbonyl (C=O) groups excluding carboxylic acids is 1. The zero-order chi connectivity index (χ0) is 15.6. The number of benzene rings is 1. The van der Waals surface area contributed by atoms with Crippen LogP contribution in [0.15, 0.2) is 23.4 Å². The van der Waals surface area contributed by atoms with E-state index in [2.05, 4.69) is 10.6 Å². The lowest BCUT2D eigenvalue weighted by atomic mass is 10.0. The molecule has 1 aliphatic rings. The maximum absolute atomic E-state index is 11.5. The van der Waals surface area contributed by atoms with Crippen LogP contribution in [0.1, 0.15) is 28.6 Å². The summed E-state index contributed by atoms with van der Waals surface area (Å²) in [6.45, 7) is 2.80. The van der Waals surface area contributed by atoms with E-state index in [1.807, 2.05) is 6.92 Å². The summed E-state index contributed by atoms with van der Waals surface area (Å²) in [7, 11) is 0. The van der Waals surface area contributed by atoms with E-state index in [-0.39, 0.29) is 30.5 Å². The fourth-order valence-electron chi connectivity index (χ4n) is 2.02. The van der Waals surface area contributed by atoms with Crippen molar-refractivity contribution in [2.24, 2.45) is 5.29 Å². The van der Waals surface area contributed by atoms with Crippen molar-refractivity contribution in [1.29, 1.82) is 0 Å². The van der Waals surface area contributed by atoms with Gasteiger partial charge in [0.15, 0.2) is 0 Å². The second-order valence-corrected chi connectivity index (χ2v) is 4.22. The quantitative estimate of drug-likeness (QED) is 0.621. The van der Waals surface area contributed by atoms with E-state index < -0.39 is 0 Å². The minimum Gasteiger partial charge on any atom is -0.326 e. The minimum atomic E-state index is -0.233. The van der Waals surface area contributed by atoms with Gasteiger partial charge in [-0.3, -0.25) is 9.80 Å². The maximum Gasteiger partial charge on any atom is 0.228 e. The van der Waals surface area contributed by atoms with Crippen molar-refractivity contribution < 1.29 is 8.91 Å². The van der Waals surface area contributed by atoms with E-state index >= 15 is 0 Å². The Kier molecular flexibility index (Phi) is 2.83. The Morgan fingerprint density at radius 2 is 2.33 bits per heavy atom. The average Bonchev–Trinajstić information content (AvgIpc) is 2.85. The normalized spacial score (nSPS) is 15.4. The lowest BCUT2D eigenvalue weighted by molar-refractivity contribution is -0.115. The second-order valence-electron chi connectivity index (χ2n) is 4.22. The van der Waals surface area contributed by atoms with Crippen LogP contribution in [-0.2, 0) is 17.6 Å². The Morgan fingerprint density at radius 1 is 1.50 bits per heavy atom. The largest absolute Gasteiger partial charge is 0.326 e. The number of anilines is 1. The summed E-state index contributed by atoms with van der Waals surface area (Å²) in [5, 5.41) is 6.87. The molecule has 0 fully saturated rings. The van der Waals surface area contributed by atoms with Gasteiger partial charge in [-0.25, -0.2) is 0 Å². The summed E-state index contributed by atoms with van der Waals surface area (Å²) < 4.78 is 23.6. The molecular formula is C13H17N3O2. The van der Waals surface area contributed by atoms with Crippen LogP contribution in [-0.4, -0.2) is 24.0 Å². The van der Waals surface area contributed by atoms with Gasteiger partial charge >= 0.3 is 0 Å². The van der Waals surface area contributed by atoms with Crippen LogP contribution < -0.4 is 5.32 Å². The lowest BCUT2D eigenvalue weighted by Gasteiger charge is -2.15. The lowest BCUT2D eigenvalue weighted by Crippen LogP contribution is -2.20. The third-order valence-corrected chi connectivity index (χ3v) is 2.89. The monoisotopic (exact) mass is 250 g/mol. The smallest absolute Gasteiger partial charge is 0.228 e. The maximum atomic E-state index is 11.5. The van der Waals surface area contributed by atoms with E-state index in [9.17, 15) is 9.70 Å². The molecule has 1 aromatic rings. The number of nitrogens with one attached hydrogen (secondary N) is 1. The predicted octanol–water partition coefficient (Wildman–Crippen LogP) is 2.12. The number of carbonyl (C=O) groups is 1. The van der Waals surface area contributed by atoms with Gasteiger partial charge in [-0.05, 0) is 30.0 Å². The van der Waals surface area contributed by atoms with E-state index in [4.69, 9.17) is 4.11 Å². The van der Waals surface area contributed by atoms with Crippen LogP contribution in [0, 0.1) is 4.91 Å². The summed E-state index contributed by atoms with van der Waals surface area (Å²) in [5.74, 6) is -0.233.